The lowest BCUT2D eigenvalue weighted by Gasteiger charge is -2.47. The van der Waals surface area contributed by atoms with Crippen LogP contribution in [0, 0.1) is 12.3 Å². The van der Waals surface area contributed by atoms with Crippen LogP contribution >= 0.6 is 0 Å². The first-order chi connectivity index (χ1) is 7.66. The molecule has 1 unspecified atom stereocenters. The Morgan fingerprint density at radius 2 is 1.75 bits per heavy atom. The third-order valence-electron chi connectivity index (χ3n) is 3.79. The van der Waals surface area contributed by atoms with E-state index >= 15 is 0 Å². The zero-order valence-electron chi connectivity index (χ0n) is 11.2. The lowest BCUT2D eigenvalue weighted by molar-refractivity contribution is 0.0509. The third kappa shape index (κ3) is 2.98. The van der Waals surface area contributed by atoms with Crippen LogP contribution in [0.15, 0.2) is 0 Å². The van der Waals surface area contributed by atoms with Gasteiger partial charge in [0.1, 0.15) is 0 Å². The molecule has 0 aromatic rings. The molecule has 3 nitrogen and oxygen atoms in total. The number of hydrogen-bond acceptors (Lipinski definition) is 3. The Kier molecular flexibility index (Phi) is 7.40. The van der Waals surface area contributed by atoms with Gasteiger partial charge in [-0.25, -0.2) is 0 Å². The van der Waals surface area contributed by atoms with E-state index in [2.05, 4.69) is 43.9 Å². The second kappa shape index (κ2) is 7.67. The Labute approximate surface area is 101 Å². The van der Waals surface area contributed by atoms with Gasteiger partial charge in [0.25, 0.3) is 0 Å². The molecule has 94 valence electrons. The summed E-state index contributed by atoms with van der Waals surface area (Å²) >= 11 is 0. The van der Waals surface area contributed by atoms with Crippen molar-refractivity contribution in [3.05, 3.63) is 0 Å². The monoisotopic (exact) mass is 225 g/mol. The highest BCUT2D eigenvalue weighted by molar-refractivity contribution is 5.03. The van der Waals surface area contributed by atoms with Crippen molar-refractivity contribution in [1.29, 1.82) is 0 Å². The van der Waals surface area contributed by atoms with Gasteiger partial charge in [0.05, 0.1) is 6.04 Å². The molecule has 0 bridgehead atoms. The molecule has 0 heterocycles. The second-order valence-corrected chi connectivity index (χ2v) is 4.11. The van der Waals surface area contributed by atoms with Gasteiger partial charge in [-0.3, -0.25) is 16.2 Å². The largest absolute Gasteiger partial charge is 0.297 e. The Morgan fingerprint density at radius 3 is 2.00 bits per heavy atom. The molecule has 0 aromatic heterocycles. The van der Waals surface area contributed by atoms with Gasteiger partial charge in [-0.2, -0.15) is 0 Å². The molecule has 16 heavy (non-hydrogen) atoms. The lowest BCUT2D eigenvalue weighted by Crippen LogP contribution is -2.62. The maximum Gasteiger partial charge on any atom is 0.0503 e. The highest BCUT2D eigenvalue weighted by atomic mass is 15.3. The van der Waals surface area contributed by atoms with E-state index in [1.54, 1.807) is 0 Å². The summed E-state index contributed by atoms with van der Waals surface area (Å²) in [5.41, 5.74) is 2.98. The highest BCUT2D eigenvalue weighted by Gasteiger charge is 2.38. The van der Waals surface area contributed by atoms with E-state index in [0.29, 0.717) is 6.42 Å². The molecule has 0 fully saturated rings. The van der Waals surface area contributed by atoms with Crippen molar-refractivity contribution >= 4 is 0 Å². The fourth-order valence-electron chi connectivity index (χ4n) is 2.79. The molecule has 0 aliphatic carbocycles. The van der Waals surface area contributed by atoms with Gasteiger partial charge >= 0.3 is 0 Å². The van der Waals surface area contributed by atoms with E-state index in [1.807, 2.05) is 0 Å². The van der Waals surface area contributed by atoms with E-state index in [-0.39, 0.29) is 11.6 Å². The first-order valence-electron chi connectivity index (χ1n) is 6.31. The molecule has 3 heteroatoms. The Hall–Kier alpha value is -0.560. The average Bonchev–Trinajstić information content (AvgIpc) is 2.33. The minimum Gasteiger partial charge on any atom is -0.297 e. The predicted octanol–water partition coefficient (Wildman–Crippen LogP) is 1.74. The Bertz CT molecular complexity index is 212. The van der Waals surface area contributed by atoms with Gasteiger partial charge in [0.2, 0.25) is 0 Å². The Balaban J connectivity index is 5.11. The van der Waals surface area contributed by atoms with Gasteiger partial charge in [0, 0.05) is 12.0 Å². The standard InChI is InChI=1S/C13H27N3/c1-6-11-12(15-14)13(7-2,8-3)16(9-4)10-5/h1,12,15H,7-11,14H2,2-5H3. The summed E-state index contributed by atoms with van der Waals surface area (Å²) in [4.78, 5) is 2.47. The normalized spacial score (nSPS) is 13.8. The van der Waals surface area contributed by atoms with Gasteiger partial charge in [-0.05, 0) is 25.9 Å². The van der Waals surface area contributed by atoms with Crippen LogP contribution in [0.2, 0.25) is 0 Å². The van der Waals surface area contributed by atoms with Gasteiger partial charge in [0.15, 0.2) is 0 Å². The van der Waals surface area contributed by atoms with Crippen LogP contribution in [0.5, 0.6) is 0 Å². The average molecular weight is 225 g/mol. The minimum atomic E-state index is 0.0740. The van der Waals surface area contributed by atoms with Gasteiger partial charge in [-0.15, -0.1) is 12.3 Å². The molecular weight excluding hydrogens is 198 g/mol. The molecule has 0 saturated carbocycles. The van der Waals surface area contributed by atoms with Crippen molar-refractivity contribution in [3.63, 3.8) is 0 Å². The van der Waals surface area contributed by atoms with Crippen LogP contribution < -0.4 is 11.3 Å². The van der Waals surface area contributed by atoms with Gasteiger partial charge < -0.3 is 0 Å². The zero-order valence-corrected chi connectivity index (χ0v) is 11.2. The molecule has 0 radical (unpaired) electrons. The second-order valence-electron chi connectivity index (χ2n) is 4.11. The van der Waals surface area contributed by atoms with E-state index in [0.717, 1.165) is 25.9 Å². The van der Waals surface area contributed by atoms with Crippen LogP contribution in [0.25, 0.3) is 0 Å². The van der Waals surface area contributed by atoms with Gasteiger partial charge in [-0.1, -0.05) is 27.7 Å². The van der Waals surface area contributed by atoms with Crippen LogP contribution in [0.4, 0.5) is 0 Å². The maximum atomic E-state index is 5.67. The smallest absolute Gasteiger partial charge is 0.0503 e. The molecule has 0 aliphatic rings. The van der Waals surface area contributed by atoms with Crippen LogP contribution in [-0.4, -0.2) is 29.6 Å². The molecule has 1 atom stereocenters. The number of terminal acetylenes is 1. The summed E-state index contributed by atoms with van der Waals surface area (Å²) in [5, 5.41) is 0. The quantitative estimate of drug-likeness (QED) is 0.376. The number of nitrogens with two attached hydrogens (primary N) is 1. The molecule has 0 saturated heterocycles. The van der Waals surface area contributed by atoms with E-state index in [1.165, 1.54) is 0 Å². The summed E-state index contributed by atoms with van der Waals surface area (Å²) < 4.78 is 0. The molecule has 0 aromatic carbocycles. The fourth-order valence-corrected chi connectivity index (χ4v) is 2.79. The van der Waals surface area contributed by atoms with Crippen molar-refractivity contribution in [2.24, 2.45) is 5.84 Å². The molecule has 0 aliphatic heterocycles. The van der Waals surface area contributed by atoms with Crippen molar-refractivity contribution in [3.8, 4) is 12.3 Å². The van der Waals surface area contributed by atoms with E-state index in [9.17, 15) is 0 Å². The summed E-state index contributed by atoms with van der Waals surface area (Å²) in [6.45, 7) is 10.9. The van der Waals surface area contributed by atoms with E-state index < -0.39 is 0 Å². The molecule has 0 spiro atoms. The first kappa shape index (κ1) is 15.4. The minimum absolute atomic E-state index is 0.0740. The fraction of sp³-hybridized carbons (Fsp3) is 0.846. The first-order valence-corrected chi connectivity index (χ1v) is 6.31. The van der Waals surface area contributed by atoms with Crippen molar-refractivity contribution in [2.75, 3.05) is 13.1 Å². The summed E-state index contributed by atoms with van der Waals surface area (Å²) in [6, 6.07) is 0.160. The van der Waals surface area contributed by atoms with Crippen molar-refractivity contribution in [1.82, 2.24) is 10.3 Å². The summed E-state index contributed by atoms with van der Waals surface area (Å²) in [7, 11) is 0. The van der Waals surface area contributed by atoms with Crippen LogP contribution in [0.3, 0.4) is 0 Å². The lowest BCUT2D eigenvalue weighted by atomic mass is 9.81. The molecular formula is C13H27N3. The number of hydrogen-bond donors (Lipinski definition) is 2. The number of nitrogens with one attached hydrogen (secondary N) is 1. The predicted molar refractivity (Wildman–Crippen MR) is 70.8 cm³/mol. The molecule has 0 rings (SSSR count). The number of hydrazine groups is 1. The summed E-state index contributed by atoms with van der Waals surface area (Å²) in [6.07, 6.45) is 8.22. The number of rotatable bonds is 8. The Morgan fingerprint density at radius 1 is 1.25 bits per heavy atom. The molecule has 3 N–H and O–H groups in total. The van der Waals surface area contributed by atoms with E-state index in [4.69, 9.17) is 12.3 Å². The SMILES string of the molecule is C#CCC(NN)C(CC)(CC)N(CC)CC. The number of nitrogens with zero attached hydrogens (tertiary/aromatic N) is 1. The topological polar surface area (TPSA) is 41.3 Å². The van der Waals surface area contributed by atoms with Crippen molar-refractivity contribution < 1.29 is 0 Å². The maximum absolute atomic E-state index is 5.67. The number of likely N-dealkylation sites (N-methyl/N-ethyl adjacent to an activating group) is 1. The third-order valence-corrected chi connectivity index (χ3v) is 3.79. The zero-order chi connectivity index (χ0) is 12.6. The molecule has 0 amide bonds. The highest BCUT2D eigenvalue weighted by Crippen LogP contribution is 2.29. The van der Waals surface area contributed by atoms with Crippen LogP contribution in [0.1, 0.15) is 47.0 Å². The van der Waals surface area contributed by atoms with Crippen LogP contribution in [-0.2, 0) is 0 Å². The van der Waals surface area contributed by atoms with Crippen molar-refractivity contribution in [2.45, 2.75) is 58.5 Å². The summed E-state index contributed by atoms with van der Waals surface area (Å²) in [5.74, 6) is 8.40.